The largest absolute Gasteiger partial charge is 0.466 e. The first-order valence-corrected chi connectivity index (χ1v) is 12.9. The molecule has 0 spiro atoms. The minimum atomic E-state index is -3.77. The van der Waals surface area contributed by atoms with E-state index in [1.807, 2.05) is 0 Å². The second kappa shape index (κ2) is 9.27. The average Bonchev–Trinajstić information content (AvgIpc) is 3.17. The summed E-state index contributed by atoms with van der Waals surface area (Å²) in [6.45, 7) is 1.59. The number of ether oxygens (including phenoxy) is 1. The number of rotatable bonds is 7. The van der Waals surface area contributed by atoms with Crippen LogP contribution in [0.5, 0.6) is 5.75 Å². The highest BCUT2D eigenvalue weighted by atomic mass is 35.5. The normalized spacial score (nSPS) is 15.8. The van der Waals surface area contributed by atoms with Crippen molar-refractivity contribution in [2.45, 2.75) is 42.5 Å². The highest BCUT2D eigenvalue weighted by Gasteiger charge is 2.31. The van der Waals surface area contributed by atoms with Gasteiger partial charge in [-0.2, -0.15) is 4.68 Å². The number of carbonyl (C=O) groups is 2. The molecule has 0 radical (unpaired) electrons. The summed E-state index contributed by atoms with van der Waals surface area (Å²) < 4.78 is 31.8. The van der Waals surface area contributed by atoms with Crippen LogP contribution in [0.25, 0.3) is 0 Å². The lowest BCUT2D eigenvalue weighted by molar-refractivity contribution is -0.115. The average molecular weight is 505 g/mol. The van der Waals surface area contributed by atoms with Gasteiger partial charge in [0.1, 0.15) is 4.90 Å². The van der Waals surface area contributed by atoms with Crippen LogP contribution < -0.4 is 4.74 Å². The lowest BCUT2D eigenvalue weighted by atomic mass is 9.91. The first-order valence-electron chi connectivity index (χ1n) is 9.03. The molecular weight excluding hydrogens is 487 g/mol. The Morgan fingerprint density at radius 1 is 1.29 bits per heavy atom. The Morgan fingerprint density at radius 2 is 2.00 bits per heavy atom. The fourth-order valence-electron chi connectivity index (χ4n) is 3.07. The number of halogens is 2. The van der Waals surface area contributed by atoms with Crippen LogP contribution in [0.15, 0.2) is 32.8 Å². The zero-order chi connectivity index (χ0) is 22.9. The van der Waals surface area contributed by atoms with E-state index < -0.39 is 21.8 Å². The topological polar surface area (TPSA) is 121 Å². The number of hydrogen-bond acceptors (Lipinski definition) is 9. The van der Waals surface area contributed by atoms with E-state index in [1.54, 1.807) is 13.2 Å². The number of benzene rings is 1. The van der Waals surface area contributed by atoms with Gasteiger partial charge in [0.15, 0.2) is 33.4 Å². The van der Waals surface area contributed by atoms with Crippen LogP contribution in [-0.4, -0.2) is 52.7 Å². The maximum absolute atomic E-state index is 13.1. The van der Waals surface area contributed by atoms with Crippen molar-refractivity contribution in [1.82, 2.24) is 20.2 Å². The van der Waals surface area contributed by atoms with Crippen molar-refractivity contribution in [2.75, 3.05) is 12.5 Å². The van der Waals surface area contributed by atoms with Gasteiger partial charge in [0, 0.05) is 23.3 Å². The third-order valence-corrected chi connectivity index (χ3v) is 7.07. The van der Waals surface area contributed by atoms with Crippen LogP contribution in [0.3, 0.4) is 0 Å². The molecule has 0 amide bonds. The molecule has 0 N–H and O–H groups in total. The summed E-state index contributed by atoms with van der Waals surface area (Å²) in [4.78, 5) is 25.1. The molecule has 31 heavy (non-hydrogen) atoms. The Labute approximate surface area is 193 Å². The SMILES string of the molecule is CSc1nnnn1C(C)Oc1c(S(C)(=O)=O)ccc(C(=O)C2=C(Cl)CCCC2=O)c1Cl. The summed E-state index contributed by atoms with van der Waals surface area (Å²) >= 11 is 13.9. The zero-order valence-corrected chi connectivity index (χ0v) is 19.9. The van der Waals surface area contributed by atoms with E-state index in [4.69, 9.17) is 27.9 Å². The van der Waals surface area contributed by atoms with Crippen molar-refractivity contribution in [1.29, 1.82) is 0 Å². The van der Waals surface area contributed by atoms with Gasteiger partial charge in [-0.3, -0.25) is 9.59 Å². The zero-order valence-electron chi connectivity index (χ0n) is 16.8. The fraction of sp³-hybridized carbons (Fsp3) is 0.389. The standard InChI is InChI=1S/C18H18Cl2N4O5S2/c1-9(24-18(30-2)21-22-23-24)29-17-13(31(3,27)28)8-7-10(15(17)20)16(26)14-11(19)5-4-6-12(14)25/h7-9H,4-6H2,1-3H3. The molecule has 3 rings (SSSR count). The van der Waals surface area contributed by atoms with Crippen molar-refractivity contribution in [3.8, 4) is 5.75 Å². The number of tetrazole rings is 1. The van der Waals surface area contributed by atoms with Crippen LogP contribution in [-0.2, 0) is 14.6 Å². The van der Waals surface area contributed by atoms with Gasteiger partial charge in [-0.25, -0.2) is 8.42 Å². The molecule has 1 aromatic heterocycles. The van der Waals surface area contributed by atoms with Crippen molar-refractivity contribution >= 4 is 56.4 Å². The summed E-state index contributed by atoms with van der Waals surface area (Å²) in [5, 5.41) is 11.6. The third-order valence-electron chi connectivity index (χ3n) is 4.56. The predicted octanol–water partition coefficient (Wildman–Crippen LogP) is 3.48. The number of ketones is 2. The van der Waals surface area contributed by atoms with Gasteiger partial charge in [0.05, 0.1) is 10.6 Å². The van der Waals surface area contributed by atoms with E-state index in [9.17, 15) is 18.0 Å². The monoisotopic (exact) mass is 504 g/mol. The maximum atomic E-state index is 13.1. The van der Waals surface area contributed by atoms with Gasteiger partial charge in [0.2, 0.25) is 5.16 Å². The van der Waals surface area contributed by atoms with Gasteiger partial charge >= 0.3 is 0 Å². The maximum Gasteiger partial charge on any atom is 0.212 e. The Kier molecular flexibility index (Phi) is 7.09. The number of sulfone groups is 1. The van der Waals surface area contributed by atoms with Crippen LogP contribution in [0.1, 0.15) is 42.8 Å². The van der Waals surface area contributed by atoms with E-state index in [-0.39, 0.29) is 44.0 Å². The predicted molar refractivity (Wildman–Crippen MR) is 116 cm³/mol. The van der Waals surface area contributed by atoms with Crippen LogP contribution >= 0.6 is 35.0 Å². The Bertz CT molecular complexity index is 1190. The van der Waals surface area contributed by atoms with Crippen LogP contribution in [0.4, 0.5) is 0 Å². The van der Waals surface area contributed by atoms with E-state index in [0.29, 0.717) is 18.0 Å². The molecule has 1 heterocycles. The highest BCUT2D eigenvalue weighted by molar-refractivity contribution is 7.98. The van der Waals surface area contributed by atoms with E-state index >= 15 is 0 Å². The second-order valence-corrected chi connectivity index (χ2v) is 10.3. The molecule has 0 saturated heterocycles. The molecule has 2 aromatic rings. The molecule has 166 valence electrons. The molecule has 1 aromatic carbocycles. The van der Waals surface area contributed by atoms with Gasteiger partial charge in [-0.15, -0.1) is 5.10 Å². The third kappa shape index (κ3) is 4.79. The van der Waals surface area contributed by atoms with Gasteiger partial charge in [-0.05, 0) is 48.6 Å². The number of hydrogen-bond donors (Lipinski definition) is 0. The number of allylic oxidation sites excluding steroid dienone is 2. The molecule has 1 atom stereocenters. The summed E-state index contributed by atoms with van der Waals surface area (Å²) in [6, 6.07) is 2.47. The summed E-state index contributed by atoms with van der Waals surface area (Å²) in [5.74, 6) is -1.28. The number of carbonyl (C=O) groups excluding carboxylic acids is 2. The van der Waals surface area contributed by atoms with E-state index in [0.717, 1.165) is 6.26 Å². The first-order chi connectivity index (χ1) is 14.6. The highest BCUT2D eigenvalue weighted by Crippen LogP contribution is 2.39. The Hall–Kier alpha value is -1.95. The molecular formula is C18H18Cl2N4O5S2. The molecule has 0 fully saturated rings. The van der Waals surface area contributed by atoms with Gasteiger partial charge < -0.3 is 4.74 Å². The van der Waals surface area contributed by atoms with Crippen LogP contribution in [0, 0.1) is 0 Å². The van der Waals surface area contributed by atoms with Crippen molar-refractivity contribution in [3.05, 3.63) is 33.3 Å². The molecule has 13 heteroatoms. The van der Waals surface area contributed by atoms with Gasteiger partial charge in [0.25, 0.3) is 0 Å². The molecule has 1 aliphatic carbocycles. The molecule has 0 aliphatic heterocycles. The number of aromatic nitrogens is 4. The minimum Gasteiger partial charge on any atom is -0.466 e. The first kappa shape index (κ1) is 23.7. The number of thioether (sulfide) groups is 1. The van der Waals surface area contributed by atoms with E-state index in [2.05, 4.69) is 15.5 Å². The Morgan fingerprint density at radius 3 is 2.61 bits per heavy atom. The summed E-state index contributed by atoms with van der Waals surface area (Å²) in [7, 11) is -3.77. The van der Waals surface area contributed by atoms with Gasteiger partial charge in [-0.1, -0.05) is 35.0 Å². The Balaban J connectivity index is 2.11. The van der Waals surface area contributed by atoms with Crippen LogP contribution in [0.2, 0.25) is 5.02 Å². The summed E-state index contributed by atoms with van der Waals surface area (Å²) in [6.07, 6.45) is 3.08. The molecule has 9 nitrogen and oxygen atoms in total. The molecule has 0 saturated carbocycles. The smallest absolute Gasteiger partial charge is 0.212 e. The number of Topliss-reactive ketones (excluding diaryl/α,β-unsaturated/α-hetero) is 2. The van der Waals surface area contributed by atoms with Crippen molar-refractivity contribution in [3.63, 3.8) is 0 Å². The summed E-state index contributed by atoms with van der Waals surface area (Å²) in [5.41, 5.74) is -0.215. The number of nitrogens with zero attached hydrogens (tertiary/aromatic N) is 4. The fourth-order valence-corrected chi connectivity index (χ4v) is 5.04. The molecule has 1 unspecified atom stereocenters. The van der Waals surface area contributed by atoms with Crippen molar-refractivity contribution < 1.29 is 22.7 Å². The molecule has 1 aliphatic rings. The molecule has 0 bridgehead atoms. The quantitative estimate of drug-likeness (QED) is 0.316. The lowest BCUT2D eigenvalue weighted by Crippen LogP contribution is -2.20. The lowest BCUT2D eigenvalue weighted by Gasteiger charge is -2.20. The minimum absolute atomic E-state index is 0.0820. The van der Waals surface area contributed by atoms with E-state index in [1.165, 1.54) is 28.6 Å². The van der Waals surface area contributed by atoms with Crippen molar-refractivity contribution in [2.24, 2.45) is 0 Å². The second-order valence-electron chi connectivity index (χ2n) is 6.74.